The third-order valence-electron chi connectivity index (χ3n) is 3.29. The van der Waals surface area contributed by atoms with E-state index in [4.69, 9.17) is 5.73 Å². The van der Waals surface area contributed by atoms with Crippen molar-refractivity contribution in [3.63, 3.8) is 0 Å². The molecule has 1 aliphatic carbocycles. The first-order valence-electron chi connectivity index (χ1n) is 6.22. The van der Waals surface area contributed by atoms with Gasteiger partial charge in [0.2, 0.25) is 5.13 Å². The number of nitrogens with zero attached hydrogens (tertiary/aromatic N) is 3. The van der Waals surface area contributed by atoms with E-state index in [1.807, 2.05) is 0 Å². The van der Waals surface area contributed by atoms with Crippen LogP contribution in [-0.4, -0.2) is 35.5 Å². The molecule has 0 atom stereocenters. The van der Waals surface area contributed by atoms with Crippen LogP contribution in [0.5, 0.6) is 0 Å². The Morgan fingerprint density at radius 1 is 1.50 bits per heavy atom. The zero-order chi connectivity index (χ0) is 14.3. The molecule has 2 aromatic rings. The fraction of sp³-hybridized carbons (Fsp3) is 0.455. The highest BCUT2D eigenvalue weighted by Gasteiger charge is 2.28. The van der Waals surface area contributed by atoms with Gasteiger partial charge in [-0.3, -0.25) is 0 Å². The third-order valence-corrected chi connectivity index (χ3v) is 5.18. The van der Waals surface area contributed by atoms with Crippen LogP contribution in [0.1, 0.15) is 19.3 Å². The number of sulfone groups is 1. The molecule has 9 heteroatoms. The summed E-state index contributed by atoms with van der Waals surface area (Å²) in [6.07, 6.45) is 5.95. The van der Waals surface area contributed by atoms with Gasteiger partial charge >= 0.3 is 0 Å². The van der Waals surface area contributed by atoms with Gasteiger partial charge in [-0.25, -0.2) is 13.4 Å². The molecule has 1 saturated carbocycles. The Morgan fingerprint density at radius 2 is 2.25 bits per heavy atom. The molecule has 1 fully saturated rings. The lowest BCUT2D eigenvalue weighted by molar-refractivity contribution is 0.443. The van der Waals surface area contributed by atoms with E-state index in [0.29, 0.717) is 10.9 Å². The zero-order valence-corrected chi connectivity index (χ0v) is 12.5. The molecule has 0 spiro atoms. The van der Waals surface area contributed by atoms with Crippen LogP contribution >= 0.6 is 11.3 Å². The molecule has 20 heavy (non-hydrogen) atoms. The highest BCUT2D eigenvalue weighted by Crippen LogP contribution is 2.32. The lowest BCUT2D eigenvalue weighted by Gasteiger charge is -2.26. The van der Waals surface area contributed by atoms with Crippen LogP contribution < -0.4 is 11.1 Å². The van der Waals surface area contributed by atoms with Crippen LogP contribution in [0.3, 0.4) is 0 Å². The van der Waals surface area contributed by atoms with Crippen LogP contribution in [0.25, 0.3) is 5.13 Å². The van der Waals surface area contributed by atoms with Gasteiger partial charge in [-0.05, 0) is 19.3 Å². The first kappa shape index (κ1) is 13.4. The van der Waals surface area contributed by atoms with Crippen molar-refractivity contribution in [1.29, 1.82) is 0 Å². The maximum atomic E-state index is 12.0. The smallest absolute Gasteiger partial charge is 0.212 e. The largest absolute Gasteiger partial charge is 0.382 e. The van der Waals surface area contributed by atoms with Crippen LogP contribution in [0.4, 0.5) is 11.6 Å². The van der Waals surface area contributed by atoms with E-state index in [9.17, 15) is 8.42 Å². The zero-order valence-electron chi connectivity index (χ0n) is 10.9. The van der Waals surface area contributed by atoms with E-state index in [1.54, 1.807) is 11.6 Å². The number of thiazole rings is 1. The van der Waals surface area contributed by atoms with E-state index in [-0.39, 0.29) is 16.8 Å². The van der Waals surface area contributed by atoms with Crippen molar-refractivity contribution in [3.05, 3.63) is 11.6 Å². The van der Waals surface area contributed by atoms with Gasteiger partial charge in [0, 0.05) is 23.9 Å². The second kappa shape index (κ2) is 4.74. The number of aromatic nitrogens is 3. The van der Waals surface area contributed by atoms with Gasteiger partial charge in [0.1, 0.15) is 0 Å². The van der Waals surface area contributed by atoms with E-state index < -0.39 is 9.84 Å². The van der Waals surface area contributed by atoms with E-state index in [1.165, 1.54) is 16.0 Å². The monoisotopic (exact) mass is 313 g/mol. The van der Waals surface area contributed by atoms with Gasteiger partial charge in [0.05, 0.1) is 0 Å². The van der Waals surface area contributed by atoms with Gasteiger partial charge in [0.15, 0.2) is 26.4 Å². The fourth-order valence-electron chi connectivity index (χ4n) is 2.09. The van der Waals surface area contributed by atoms with E-state index >= 15 is 0 Å². The normalized spacial score (nSPS) is 16.1. The highest BCUT2D eigenvalue weighted by molar-refractivity contribution is 7.91. The average Bonchev–Trinajstić information content (AvgIpc) is 2.89. The first-order chi connectivity index (χ1) is 9.47. The van der Waals surface area contributed by atoms with E-state index in [0.717, 1.165) is 25.5 Å². The topological polar surface area (TPSA) is 103 Å². The molecule has 0 aliphatic heterocycles. The Balaban J connectivity index is 2.09. The van der Waals surface area contributed by atoms with Crippen LogP contribution in [0.15, 0.2) is 16.5 Å². The van der Waals surface area contributed by atoms with Crippen molar-refractivity contribution in [2.24, 2.45) is 0 Å². The summed E-state index contributed by atoms with van der Waals surface area (Å²) < 4.78 is 25.3. The Hall–Kier alpha value is -1.61. The Labute approximate surface area is 120 Å². The number of nitrogen functional groups attached to an aromatic ring is 1. The van der Waals surface area contributed by atoms with Crippen molar-refractivity contribution < 1.29 is 8.42 Å². The maximum Gasteiger partial charge on any atom is 0.212 e. The molecule has 108 valence electrons. The molecule has 0 aromatic carbocycles. The summed E-state index contributed by atoms with van der Waals surface area (Å²) in [5, 5.41) is 9.79. The van der Waals surface area contributed by atoms with Gasteiger partial charge in [0.25, 0.3) is 0 Å². The lowest BCUT2D eigenvalue weighted by Crippen LogP contribution is -2.28. The van der Waals surface area contributed by atoms with Crippen molar-refractivity contribution in [3.8, 4) is 5.13 Å². The summed E-state index contributed by atoms with van der Waals surface area (Å²) in [4.78, 5) is 4.17. The molecule has 1 aliphatic rings. The second-order valence-electron chi connectivity index (χ2n) is 4.83. The number of anilines is 2. The number of nitrogens with two attached hydrogens (primary N) is 1. The Kier molecular flexibility index (Phi) is 3.17. The summed E-state index contributed by atoms with van der Waals surface area (Å²) in [6, 6.07) is 0.273. The maximum absolute atomic E-state index is 12.0. The predicted octanol–water partition coefficient (Wildman–Crippen LogP) is 1.28. The summed E-state index contributed by atoms with van der Waals surface area (Å²) in [5.41, 5.74) is 5.96. The predicted molar refractivity (Wildman–Crippen MR) is 78.0 cm³/mol. The quantitative estimate of drug-likeness (QED) is 0.881. The van der Waals surface area contributed by atoms with Gasteiger partial charge in [-0.2, -0.15) is 4.68 Å². The molecular weight excluding hydrogens is 298 g/mol. The van der Waals surface area contributed by atoms with Crippen molar-refractivity contribution in [1.82, 2.24) is 14.8 Å². The average molecular weight is 313 g/mol. The minimum absolute atomic E-state index is 0.0552. The number of hydrogen-bond acceptors (Lipinski definition) is 7. The summed E-state index contributed by atoms with van der Waals surface area (Å²) in [5.74, 6) is 0.425. The van der Waals surface area contributed by atoms with Crippen LogP contribution in [0, 0.1) is 0 Å². The van der Waals surface area contributed by atoms with Crippen molar-refractivity contribution >= 4 is 32.8 Å². The van der Waals surface area contributed by atoms with Crippen molar-refractivity contribution in [2.45, 2.75) is 30.2 Å². The highest BCUT2D eigenvalue weighted by atomic mass is 32.2. The third kappa shape index (κ3) is 2.27. The molecule has 7 nitrogen and oxygen atoms in total. The molecule has 3 rings (SSSR count). The summed E-state index contributed by atoms with van der Waals surface area (Å²) in [7, 11) is -3.46. The molecule has 0 unspecified atom stereocenters. The Bertz CT molecular complexity index is 716. The minimum atomic E-state index is -3.46. The van der Waals surface area contributed by atoms with Crippen molar-refractivity contribution in [2.75, 3.05) is 17.3 Å². The van der Waals surface area contributed by atoms with Gasteiger partial charge in [-0.15, -0.1) is 16.4 Å². The molecule has 0 bridgehead atoms. The SMILES string of the molecule is CS(=O)(=O)c1c(NC2CCC2)nn(-c2nccs2)c1N. The second-order valence-corrected chi connectivity index (χ2v) is 7.66. The molecule has 0 amide bonds. The fourth-order valence-corrected chi connectivity index (χ4v) is 3.61. The molecular formula is C11H15N5O2S2. The number of nitrogens with one attached hydrogen (secondary N) is 1. The number of rotatable bonds is 4. The molecule has 0 saturated heterocycles. The van der Waals surface area contributed by atoms with E-state index in [2.05, 4.69) is 15.4 Å². The minimum Gasteiger partial charge on any atom is -0.382 e. The van der Waals surface area contributed by atoms with Gasteiger partial charge in [-0.1, -0.05) is 0 Å². The lowest BCUT2D eigenvalue weighted by atomic mass is 9.93. The van der Waals surface area contributed by atoms with Gasteiger partial charge < -0.3 is 11.1 Å². The Morgan fingerprint density at radius 3 is 2.75 bits per heavy atom. The molecule has 2 heterocycles. The standard InChI is InChI=1S/C11H15N5O2S2/c1-20(17,18)8-9(12)16(11-13-5-6-19-11)15-10(8)14-7-3-2-4-7/h5-7H,2-4,12H2,1H3,(H,14,15). The summed E-state index contributed by atoms with van der Waals surface area (Å²) in [6.45, 7) is 0. The summed E-state index contributed by atoms with van der Waals surface area (Å²) >= 11 is 1.35. The molecule has 0 radical (unpaired) electrons. The number of hydrogen-bond donors (Lipinski definition) is 2. The molecule has 2 aromatic heterocycles. The van der Waals surface area contributed by atoms with Crippen LogP contribution in [0.2, 0.25) is 0 Å². The van der Waals surface area contributed by atoms with Crippen LogP contribution in [-0.2, 0) is 9.84 Å². The molecule has 3 N–H and O–H groups in total. The first-order valence-corrected chi connectivity index (χ1v) is 8.99.